The van der Waals surface area contributed by atoms with Crippen molar-refractivity contribution in [3.63, 3.8) is 0 Å². The van der Waals surface area contributed by atoms with Crippen LogP contribution in [0.3, 0.4) is 0 Å². The van der Waals surface area contributed by atoms with Gasteiger partial charge in [-0.25, -0.2) is 0 Å². The molecule has 0 aliphatic heterocycles. The normalized spacial score (nSPS) is 17.5. The van der Waals surface area contributed by atoms with E-state index in [1.807, 2.05) is 30.3 Å². The predicted molar refractivity (Wildman–Crippen MR) is 70.3 cm³/mol. The van der Waals surface area contributed by atoms with Crippen LogP contribution < -0.4 is 0 Å². The number of benzene rings is 1. The number of aliphatic hydroxyl groups is 4. The van der Waals surface area contributed by atoms with Crippen molar-refractivity contribution in [2.75, 3.05) is 6.61 Å². The molecule has 1 aromatic rings. The second kappa shape index (κ2) is 8.04. The summed E-state index contributed by atoms with van der Waals surface area (Å²) < 4.78 is 5.43. The molecule has 0 aliphatic carbocycles. The molecule has 19 heavy (non-hydrogen) atoms. The van der Waals surface area contributed by atoms with Gasteiger partial charge in [-0.15, -0.1) is 6.58 Å². The van der Waals surface area contributed by atoms with Gasteiger partial charge in [-0.3, -0.25) is 0 Å². The molecular formula is C14H20O5. The molecular weight excluding hydrogens is 248 g/mol. The first kappa shape index (κ1) is 15.8. The summed E-state index contributed by atoms with van der Waals surface area (Å²) in [5.41, 5.74) is 0.916. The van der Waals surface area contributed by atoms with Crippen molar-refractivity contribution in [2.45, 2.75) is 31.0 Å². The lowest BCUT2D eigenvalue weighted by Gasteiger charge is -2.27. The van der Waals surface area contributed by atoms with Crippen LogP contribution in [0.4, 0.5) is 0 Å². The van der Waals surface area contributed by atoms with Gasteiger partial charge in [0.2, 0.25) is 0 Å². The van der Waals surface area contributed by atoms with Gasteiger partial charge in [0.05, 0.1) is 13.2 Å². The Labute approximate surface area is 112 Å². The average molecular weight is 268 g/mol. The highest BCUT2D eigenvalue weighted by Gasteiger charge is 2.30. The van der Waals surface area contributed by atoms with Crippen LogP contribution in [0.1, 0.15) is 5.56 Å². The lowest BCUT2D eigenvalue weighted by molar-refractivity contribution is -0.121. The lowest BCUT2D eigenvalue weighted by atomic mass is 10.0. The molecule has 1 rings (SSSR count). The molecule has 0 bridgehead atoms. The molecule has 0 saturated heterocycles. The molecule has 0 unspecified atom stereocenters. The van der Waals surface area contributed by atoms with Crippen LogP contribution in [0.15, 0.2) is 43.0 Å². The van der Waals surface area contributed by atoms with Crippen molar-refractivity contribution in [1.82, 2.24) is 0 Å². The van der Waals surface area contributed by atoms with Crippen molar-refractivity contribution in [2.24, 2.45) is 0 Å². The quantitative estimate of drug-likeness (QED) is 0.492. The number of aliphatic hydroxyl groups excluding tert-OH is 4. The third-order valence-corrected chi connectivity index (χ3v) is 2.79. The molecule has 4 N–H and O–H groups in total. The van der Waals surface area contributed by atoms with Gasteiger partial charge in [-0.2, -0.15) is 0 Å². The smallest absolute Gasteiger partial charge is 0.112 e. The highest BCUT2D eigenvalue weighted by Crippen LogP contribution is 2.12. The fourth-order valence-corrected chi connectivity index (χ4v) is 1.60. The van der Waals surface area contributed by atoms with Crippen molar-refractivity contribution in [1.29, 1.82) is 0 Å². The molecule has 0 radical (unpaired) electrons. The van der Waals surface area contributed by atoms with Gasteiger partial charge in [0.15, 0.2) is 0 Å². The fourth-order valence-electron chi connectivity index (χ4n) is 1.60. The van der Waals surface area contributed by atoms with Crippen LogP contribution in [0.5, 0.6) is 0 Å². The molecule has 0 heterocycles. The van der Waals surface area contributed by atoms with Gasteiger partial charge in [0, 0.05) is 0 Å². The molecule has 0 amide bonds. The van der Waals surface area contributed by atoms with E-state index < -0.39 is 31.0 Å². The van der Waals surface area contributed by atoms with E-state index in [1.165, 1.54) is 6.08 Å². The number of hydrogen-bond acceptors (Lipinski definition) is 5. The van der Waals surface area contributed by atoms with E-state index in [0.717, 1.165) is 5.56 Å². The van der Waals surface area contributed by atoms with E-state index in [4.69, 9.17) is 9.84 Å². The summed E-state index contributed by atoms with van der Waals surface area (Å²) in [5, 5.41) is 37.4. The van der Waals surface area contributed by atoms with E-state index in [-0.39, 0.29) is 6.61 Å². The van der Waals surface area contributed by atoms with Gasteiger partial charge < -0.3 is 25.2 Å². The highest BCUT2D eigenvalue weighted by atomic mass is 16.5. The summed E-state index contributed by atoms with van der Waals surface area (Å²) >= 11 is 0. The Morgan fingerprint density at radius 3 is 2.26 bits per heavy atom. The summed E-state index contributed by atoms with van der Waals surface area (Å²) in [6.07, 6.45) is -3.76. The monoisotopic (exact) mass is 268 g/mol. The van der Waals surface area contributed by atoms with Gasteiger partial charge in [0.25, 0.3) is 0 Å². The first-order chi connectivity index (χ1) is 9.10. The summed E-state index contributed by atoms with van der Waals surface area (Å²) in [5.74, 6) is 0. The Kier molecular flexibility index (Phi) is 6.69. The van der Waals surface area contributed by atoms with Crippen LogP contribution >= 0.6 is 0 Å². The summed E-state index contributed by atoms with van der Waals surface area (Å²) in [4.78, 5) is 0. The minimum atomic E-state index is -1.50. The molecule has 5 nitrogen and oxygen atoms in total. The van der Waals surface area contributed by atoms with Crippen molar-refractivity contribution >= 4 is 0 Å². The number of rotatable bonds is 8. The zero-order chi connectivity index (χ0) is 14.3. The van der Waals surface area contributed by atoms with Gasteiger partial charge in [0.1, 0.15) is 24.4 Å². The summed E-state index contributed by atoms with van der Waals surface area (Å²) in [7, 11) is 0. The Balaban J connectivity index is 2.55. The molecule has 4 atom stereocenters. The van der Waals surface area contributed by atoms with Crippen LogP contribution in [0.2, 0.25) is 0 Å². The Bertz CT molecular complexity index is 367. The summed E-state index contributed by atoms with van der Waals surface area (Å²) in [6.45, 7) is 3.13. The molecule has 0 aromatic heterocycles. The van der Waals surface area contributed by atoms with Gasteiger partial charge >= 0.3 is 0 Å². The minimum absolute atomic E-state index is 0.247. The van der Waals surface area contributed by atoms with E-state index in [2.05, 4.69) is 6.58 Å². The van der Waals surface area contributed by atoms with Crippen LogP contribution in [-0.4, -0.2) is 51.4 Å². The molecule has 1 aromatic carbocycles. The molecule has 0 aliphatic rings. The third kappa shape index (κ3) is 4.74. The Morgan fingerprint density at radius 2 is 1.74 bits per heavy atom. The largest absolute Gasteiger partial charge is 0.394 e. The zero-order valence-electron chi connectivity index (χ0n) is 10.6. The van der Waals surface area contributed by atoms with Crippen LogP contribution in [0, 0.1) is 0 Å². The van der Waals surface area contributed by atoms with Gasteiger partial charge in [-0.05, 0) is 5.56 Å². The second-order valence-electron chi connectivity index (χ2n) is 4.23. The van der Waals surface area contributed by atoms with Crippen molar-refractivity contribution in [3.8, 4) is 0 Å². The second-order valence-corrected chi connectivity index (χ2v) is 4.23. The van der Waals surface area contributed by atoms with E-state index in [0.29, 0.717) is 0 Å². The third-order valence-electron chi connectivity index (χ3n) is 2.79. The first-order valence-electron chi connectivity index (χ1n) is 6.03. The predicted octanol–water partition coefficient (Wildman–Crippen LogP) is -0.167. The fraction of sp³-hybridized carbons (Fsp3) is 0.429. The highest BCUT2D eigenvalue weighted by molar-refractivity contribution is 5.13. The van der Waals surface area contributed by atoms with Gasteiger partial charge in [-0.1, -0.05) is 36.4 Å². The maximum Gasteiger partial charge on any atom is 0.112 e. The van der Waals surface area contributed by atoms with Crippen LogP contribution in [0.25, 0.3) is 0 Å². The SMILES string of the molecule is C=C[C@@H](OCc1ccccc1)[C@H](O)[C@@H](O)[C@H](O)CO. The maximum atomic E-state index is 9.84. The van der Waals surface area contributed by atoms with Crippen molar-refractivity contribution < 1.29 is 25.2 Å². The molecule has 0 spiro atoms. The Hall–Kier alpha value is -1.24. The Morgan fingerprint density at radius 1 is 1.11 bits per heavy atom. The molecule has 0 saturated carbocycles. The topological polar surface area (TPSA) is 90.2 Å². The maximum absolute atomic E-state index is 9.84. The zero-order valence-corrected chi connectivity index (χ0v) is 10.6. The average Bonchev–Trinajstić information content (AvgIpc) is 2.47. The number of hydrogen-bond donors (Lipinski definition) is 4. The molecule has 106 valence electrons. The van der Waals surface area contributed by atoms with E-state index >= 15 is 0 Å². The van der Waals surface area contributed by atoms with E-state index in [1.54, 1.807) is 0 Å². The first-order valence-corrected chi connectivity index (χ1v) is 6.03. The van der Waals surface area contributed by atoms with E-state index in [9.17, 15) is 15.3 Å². The number of ether oxygens (including phenoxy) is 1. The van der Waals surface area contributed by atoms with Crippen LogP contribution in [-0.2, 0) is 11.3 Å². The molecule has 5 heteroatoms. The summed E-state index contributed by atoms with van der Waals surface area (Å²) in [6, 6.07) is 9.34. The minimum Gasteiger partial charge on any atom is -0.394 e. The standard InChI is InChI=1S/C14H20O5/c1-2-12(14(18)13(17)11(16)8-15)19-9-10-6-4-3-5-7-10/h2-7,11-18H,1,8-9H2/t11-,12-,13+,14+/m1/s1. The lowest BCUT2D eigenvalue weighted by Crippen LogP contribution is -2.46. The van der Waals surface area contributed by atoms with Crippen molar-refractivity contribution in [3.05, 3.63) is 48.6 Å². The molecule has 0 fully saturated rings.